The van der Waals surface area contributed by atoms with E-state index in [0.29, 0.717) is 17.9 Å². The molecule has 2 heterocycles. The Bertz CT molecular complexity index is 636. The average molecular weight is 328 g/mol. The Labute approximate surface area is 134 Å². The topological polar surface area (TPSA) is 72.1 Å². The predicted molar refractivity (Wildman–Crippen MR) is 83.2 cm³/mol. The van der Waals surface area contributed by atoms with E-state index >= 15 is 0 Å². The van der Waals surface area contributed by atoms with Gasteiger partial charge in [-0.1, -0.05) is 0 Å². The standard InChI is InChI=1S/C15H17NO5.ClH/c17-15(18)14-10-11-9-12(1-2-13(11)21-14)20-8-5-16-3-6-19-7-4-16;/h1-2,9-10H,3-8H2,(H,17,18);1H. The zero-order valence-electron chi connectivity index (χ0n) is 12.0. The number of morpholine rings is 1. The number of fused-ring (bicyclic) bond motifs is 1. The van der Waals surface area contributed by atoms with Crippen LogP contribution in [-0.2, 0) is 4.74 Å². The van der Waals surface area contributed by atoms with Crippen molar-refractivity contribution in [1.29, 1.82) is 0 Å². The third-order valence-corrected chi connectivity index (χ3v) is 3.48. The zero-order chi connectivity index (χ0) is 14.7. The maximum Gasteiger partial charge on any atom is 0.371 e. The smallest absolute Gasteiger partial charge is 0.371 e. The molecule has 22 heavy (non-hydrogen) atoms. The molecule has 120 valence electrons. The molecule has 0 saturated carbocycles. The van der Waals surface area contributed by atoms with Gasteiger partial charge in [-0.3, -0.25) is 4.90 Å². The number of halogens is 1. The third kappa shape index (κ3) is 3.91. The third-order valence-electron chi connectivity index (χ3n) is 3.48. The lowest BCUT2D eigenvalue weighted by atomic mass is 10.2. The normalized spacial score (nSPS) is 15.5. The Kier molecular flexibility index (Phi) is 5.65. The number of rotatable bonds is 5. The molecule has 0 atom stereocenters. The highest BCUT2D eigenvalue weighted by molar-refractivity contribution is 5.91. The molecule has 0 radical (unpaired) electrons. The van der Waals surface area contributed by atoms with Crippen LogP contribution in [-0.4, -0.2) is 55.4 Å². The van der Waals surface area contributed by atoms with Crippen LogP contribution >= 0.6 is 12.4 Å². The fraction of sp³-hybridized carbons (Fsp3) is 0.400. The Morgan fingerprint density at radius 3 is 2.77 bits per heavy atom. The number of benzene rings is 1. The molecule has 1 saturated heterocycles. The Morgan fingerprint density at radius 2 is 2.05 bits per heavy atom. The second-order valence-electron chi connectivity index (χ2n) is 4.92. The molecule has 0 amide bonds. The Morgan fingerprint density at radius 1 is 1.27 bits per heavy atom. The summed E-state index contributed by atoms with van der Waals surface area (Å²) in [4.78, 5) is 13.2. The molecule has 7 heteroatoms. The van der Waals surface area contributed by atoms with Crippen LogP contribution in [0.15, 0.2) is 28.7 Å². The van der Waals surface area contributed by atoms with Crippen LogP contribution < -0.4 is 4.74 Å². The van der Waals surface area contributed by atoms with Crippen molar-refractivity contribution < 1.29 is 23.8 Å². The van der Waals surface area contributed by atoms with Crippen LogP contribution in [0.5, 0.6) is 5.75 Å². The number of carbonyl (C=O) groups is 1. The summed E-state index contributed by atoms with van der Waals surface area (Å²) in [5, 5.41) is 9.63. The van der Waals surface area contributed by atoms with Crippen molar-refractivity contribution in [1.82, 2.24) is 4.90 Å². The maximum absolute atomic E-state index is 10.9. The van der Waals surface area contributed by atoms with Gasteiger partial charge in [0.05, 0.1) is 13.2 Å². The van der Waals surface area contributed by atoms with Crippen molar-refractivity contribution >= 4 is 29.3 Å². The minimum Gasteiger partial charge on any atom is -0.492 e. The van der Waals surface area contributed by atoms with Crippen LogP contribution in [0.4, 0.5) is 0 Å². The van der Waals surface area contributed by atoms with E-state index in [9.17, 15) is 4.79 Å². The molecule has 3 rings (SSSR count). The molecule has 1 aromatic carbocycles. The minimum absolute atomic E-state index is 0. The van der Waals surface area contributed by atoms with Crippen LogP contribution in [0.2, 0.25) is 0 Å². The molecule has 0 aliphatic carbocycles. The fourth-order valence-corrected chi connectivity index (χ4v) is 2.33. The van der Waals surface area contributed by atoms with E-state index in [4.69, 9.17) is 19.0 Å². The first-order chi connectivity index (χ1) is 10.2. The molecule has 0 spiro atoms. The van der Waals surface area contributed by atoms with Crippen molar-refractivity contribution in [3.63, 3.8) is 0 Å². The quantitative estimate of drug-likeness (QED) is 0.908. The Balaban J connectivity index is 0.00000176. The van der Waals surface area contributed by atoms with E-state index < -0.39 is 5.97 Å². The molecule has 2 aromatic rings. The number of furan rings is 1. The summed E-state index contributed by atoms with van der Waals surface area (Å²) in [5.41, 5.74) is 0.549. The molecule has 6 nitrogen and oxygen atoms in total. The van der Waals surface area contributed by atoms with Crippen LogP contribution in [0.3, 0.4) is 0 Å². The second-order valence-corrected chi connectivity index (χ2v) is 4.92. The van der Waals surface area contributed by atoms with E-state index in [2.05, 4.69) is 4.90 Å². The predicted octanol–water partition coefficient (Wildman–Crippen LogP) is 2.26. The first-order valence-corrected chi connectivity index (χ1v) is 6.92. The lowest BCUT2D eigenvalue weighted by molar-refractivity contribution is 0.0322. The van der Waals surface area contributed by atoms with Gasteiger partial charge in [0.2, 0.25) is 5.76 Å². The zero-order valence-corrected chi connectivity index (χ0v) is 12.8. The number of carboxylic acids is 1. The van der Waals surface area contributed by atoms with E-state index in [0.717, 1.165) is 38.2 Å². The van der Waals surface area contributed by atoms with Gasteiger partial charge in [0.1, 0.15) is 17.9 Å². The summed E-state index contributed by atoms with van der Waals surface area (Å²) in [6.45, 7) is 4.87. The number of carboxylic acid groups (broad SMARTS) is 1. The first kappa shape index (κ1) is 16.6. The summed E-state index contributed by atoms with van der Waals surface area (Å²) in [6.07, 6.45) is 0. The van der Waals surface area contributed by atoms with Gasteiger partial charge >= 0.3 is 5.97 Å². The summed E-state index contributed by atoms with van der Waals surface area (Å²) in [5.74, 6) is -0.412. The van der Waals surface area contributed by atoms with Crippen LogP contribution in [0.25, 0.3) is 11.0 Å². The van der Waals surface area contributed by atoms with Crippen LogP contribution in [0.1, 0.15) is 10.6 Å². The van der Waals surface area contributed by atoms with Gasteiger partial charge < -0.3 is 19.0 Å². The van der Waals surface area contributed by atoms with E-state index in [1.165, 1.54) is 6.07 Å². The molecule has 1 aromatic heterocycles. The van der Waals surface area contributed by atoms with Gasteiger partial charge in [-0.25, -0.2) is 4.79 Å². The van der Waals surface area contributed by atoms with Crippen molar-refractivity contribution in [2.24, 2.45) is 0 Å². The van der Waals surface area contributed by atoms with Crippen molar-refractivity contribution in [2.45, 2.75) is 0 Å². The summed E-state index contributed by atoms with van der Waals surface area (Å²) < 4.78 is 16.2. The molecule has 1 fully saturated rings. The van der Waals surface area contributed by atoms with Crippen molar-refractivity contribution in [2.75, 3.05) is 39.5 Å². The van der Waals surface area contributed by atoms with Gasteiger partial charge in [0.15, 0.2) is 0 Å². The highest BCUT2D eigenvalue weighted by Gasteiger charge is 2.12. The monoisotopic (exact) mass is 327 g/mol. The van der Waals surface area contributed by atoms with Gasteiger partial charge in [0, 0.05) is 25.0 Å². The minimum atomic E-state index is -1.07. The molecule has 1 aliphatic heterocycles. The average Bonchev–Trinajstić information content (AvgIpc) is 2.92. The number of hydrogen-bond acceptors (Lipinski definition) is 5. The Hall–Kier alpha value is -1.76. The largest absolute Gasteiger partial charge is 0.492 e. The summed E-state index contributed by atoms with van der Waals surface area (Å²) in [7, 11) is 0. The van der Waals surface area contributed by atoms with E-state index in [1.54, 1.807) is 18.2 Å². The molecule has 0 unspecified atom stereocenters. The highest BCUT2D eigenvalue weighted by atomic mass is 35.5. The van der Waals surface area contributed by atoms with E-state index in [1.807, 2.05) is 0 Å². The van der Waals surface area contributed by atoms with Crippen LogP contribution in [0, 0.1) is 0 Å². The molecule has 1 N–H and O–H groups in total. The SMILES string of the molecule is Cl.O=C(O)c1cc2cc(OCCN3CCOCC3)ccc2o1. The summed E-state index contributed by atoms with van der Waals surface area (Å²) >= 11 is 0. The van der Waals surface area contributed by atoms with E-state index in [-0.39, 0.29) is 18.2 Å². The van der Waals surface area contributed by atoms with Gasteiger partial charge in [-0.2, -0.15) is 0 Å². The number of hydrogen-bond donors (Lipinski definition) is 1. The van der Waals surface area contributed by atoms with Gasteiger partial charge in [0.25, 0.3) is 0 Å². The number of ether oxygens (including phenoxy) is 2. The van der Waals surface area contributed by atoms with Gasteiger partial charge in [-0.15, -0.1) is 12.4 Å². The van der Waals surface area contributed by atoms with Crippen molar-refractivity contribution in [3.05, 3.63) is 30.0 Å². The number of aromatic carboxylic acids is 1. The van der Waals surface area contributed by atoms with Gasteiger partial charge in [-0.05, 0) is 24.3 Å². The molecule has 1 aliphatic rings. The summed E-state index contributed by atoms with van der Waals surface area (Å²) in [6, 6.07) is 6.82. The first-order valence-electron chi connectivity index (χ1n) is 6.92. The lowest BCUT2D eigenvalue weighted by Gasteiger charge is -2.26. The molecular weight excluding hydrogens is 310 g/mol. The fourth-order valence-electron chi connectivity index (χ4n) is 2.33. The second kappa shape index (κ2) is 7.49. The van der Waals surface area contributed by atoms with Crippen molar-refractivity contribution in [3.8, 4) is 5.75 Å². The highest BCUT2D eigenvalue weighted by Crippen LogP contribution is 2.24. The molecule has 0 bridgehead atoms. The number of nitrogens with zero attached hydrogens (tertiary/aromatic N) is 1. The maximum atomic E-state index is 10.9. The molecular formula is C15H18ClNO5. The lowest BCUT2D eigenvalue weighted by Crippen LogP contribution is -2.38.